The van der Waals surface area contributed by atoms with Gasteiger partial charge in [-0.15, -0.1) is 11.8 Å². The van der Waals surface area contributed by atoms with Crippen molar-refractivity contribution in [2.75, 3.05) is 6.26 Å². The van der Waals surface area contributed by atoms with Crippen LogP contribution < -0.4 is 5.73 Å². The van der Waals surface area contributed by atoms with Crippen LogP contribution >= 0.6 is 24.0 Å². The molecule has 0 aliphatic carbocycles. The Balaban J connectivity index is 2.71. The van der Waals surface area contributed by atoms with E-state index in [1.54, 1.807) is 11.8 Å². The zero-order valence-corrected chi connectivity index (χ0v) is 10.1. The Morgan fingerprint density at radius 2 is 2.00 bits per heavy atom. The molecular weight excluding hydrogens is 210 g/mol. The van der Waals surface area contributed by atoms with E-state index in [0.29, 0.717) is 10.9 Å². The van der Waals surface area contributed by atoms with Gasteiger partial charge in [0.1, 0.15) is 0 Å². The fourth-order valence-corrected chi connectivity index (χ4v) is 2.01. The average molecular weight is 225 g/mol. The molecule has 0 saturated heterocycles. The maximum atomic E-state index is 5.51. The number of thiocarbonyl (C=S) groups is 1. The molecule has 0 fully saturated rings. The van der Waals surface area contributed by atoms with E-state index in [9.17, 15) is 0 Å². The van der Waals surface area contributed by atoms with Gasteiger partial charge in [-0.1, -0.05) is 31.3 Å². The highest BCUT2D eigenvalue weighted by Gasteiger charge is 2.06. The Morgan fingerprint density at radius 3 is 2.43 bits per heavy atom. The van der Waals surface area contributed by atoms with Gasteiger partial charge in [-0.05, 0) is 29.9 Å². The molecule has 0 aromatic heterocycles. The zero-order valence-electron chi connectivity index (χ0n) is 8.49. The van der Waals surface area contributed by atoms with Crippen LogP contribution in [0.25, 0.3) is 0 Å². The van der Waals surface area contributed by atoms with Crippen molar-refractivity contribution >= 4 is 29.0 Å². The number of thioether (sulfide) groups is 1. The van der Waals surface area contributed by atoms with E-state index >= 15 is 0 Å². The van der Waals surface area contributed by atoms with Gasteiger partial charge in [0.25, 0.3) is 0 Å². The first-order valence-electron chi connectivity index (χ1n) is 4.55. The molecule has 3 heteroatoms. The van der Waals surface area contributed by atoms with E-state index in [1.807, 2.05) is 0 Å². The third-order valence-corrected chi connectivity index (χ3v) is 3.10. The van der Waals surface area contributed by atoms with E-state index in [0.717, 1.165) is 6.42 Å². The molecule has 1 rings (SSSR count). The topological polar surface area (TPSA) is 26.0 Å². The van der Waals surface area contributed by atoms with Crippen LogP contribution in [-0.4, -0.2) is 11.2 Å². The lowest BCUT2D eigenvalue weighted by Gasteiger charge is -2.10. The second kappa shape index (κ2) is 5.37. The molecule has 0 aliphatic rings. The van der Waals surface area contributed by atoms with Crippen LogP contribution in [0.4, 0.5) is 0 Å². The average Bonchev–Trinajstić information content (AvgIpc) is 2.17. The summed E-state index contributed by atoms with van der Waals surface area (Å²) in [6, 6.07) is 8.57. The highest BCUT2D eigenvalue weighted by molar-refractivity contribution is 7.98. The van der Waals surface area contributed by atoms with Crippen LogP contribution in [0.1, 0.15) is 24.8 Å². The normalized spacial score (nSPS) is 12.4. The second-order valence-electron chi connectivity index (χ2n) is 3.34. The van der Waals surface area contributed by atoms with E-state index in [-0.39, 0.29) is 0 Å². The zero-order chi connectivity index (χ0) is 10.6. The van der Waals surface area contributed by atoms with Crippen LogP contribution in [0.3, 0.4) is 0 Å². The van der Waals surface area contributed by atoms with Gasteiger partial charge in [-0.3, -0.25) is 0 Å². The molecule has 0 bridgehead atoms. The van der Waals surface area contributed by atoms with Crippen LogP contribution in [-0.2, 0) is 0 Å². The minimum absolute atomic E-state index is 0.420. The third-order valence-electron chi connectivity index (χ3n) is 2.19. The molecule has 1 aromatic rings. The van der Waals surface area contributed by atoms with Crippen molar-refractivity contribution in [2.24, 2.45) is 5.73 Å². The fourth-order valence-electron chi connectivity index (χ4n) is 1.35. The molecule has 14 heavy (non-hydrogen) atoms. The van der Waals surface area contributed by atoms with Gasteiger partial charge in [-0.25, -0.2) is 0 Å². The summed E-state index contributed by atoms with van der Waals surface area (Å²) in [5.74, 6) is 0.420. The van der Waals surface area contributed by atoms with Gasteiger partial charge < -0.3 is 5.73 Å². The van der Waals surface area contributed by atoms with E-state index in [4.69, 9.17) is 18.0 Å². The van der Waals surface area contributed by atoms with E-state index in [2.05, 4.69) is 37.4 Å². The Hall–Kier alpha value is -0.540. The molecule has 1 atom stereocenters. The lowest BCUT2D eigenvalue weighted by atomic mass is 9.98. The molecule has 1 unspecified atom stereocenters. The van der Waals surface area contributed by atoms with Crippen molar-refractivity contribution in [2.45, 2.75) is 24.2 Å². The van der Waals surface area contributed by atoms with E-state index in [1.165, 1.54) is 10.5 Å². The predicted molar refractivity (Wildman–Crippen MR) is 68.0 cm³/mol. The molecule has 1 nitrogen and oxygen atoms in total. The minimum atomic E-state index is 0.420. The molecule has 0 aliphatic heterocycles. The van der Waals surface area contributed by atoms with Crippen LogP contribution in [0.2, 0.25) is 0 Å². The summed E-state index contributed by atoms with van der Waals surface area (Å²) in [7, 11) is 0. The van der Waals surface area contributed by atoms with Crippen molar-refractivity contribution in [1.29, 1.82) is 0 Å². The van der Waals surface area contributed by atoms with Gasteiger partial charge in [0, 0.05) is 11.3 Å². The predicted octanol–water partition coefficient (Wildman–Crippen LogP) is 3.19. The van der Waals surface area contributed by atoms with Gasteiger partial charge >= 0.3 is 0 Å². The summed E-state index contributed by atoms with van der Waals surface area (Å²) in [6.45, 7) is 2.15. The monoisotopic (exact) mass is 225 g/mol. The van der Waals surface area contributed by atoms with Gasteiger partial charge in [-0.2, -0.15) is 0 Å². The summed E-state index contributed by atoms with van der Waals surface area (Å²) in [5.41, 5.74) is 6.82. The summed E-state index contributed by atoms with van der Waals surface area (Å²) < 4.78 is 0. The quantitative estimate of drug-likeness (QED) is 0.629. The largest absolute Gasteiger partial charge is 0.393 e. The van der Waals surface area contributed by atoms with Gasteiger partial charge in [0.2, 0.25) is 0 Å². The minimum Gasteiger partial charge on any atom is -0.393 e. The van der Waals surface area contributed by atoms with Crippen LogP contribution in [0, 0.1) is 0 Å². The highest BCUT2D eigenvalue weighted by atomic mass is 32.2. The second-order valence-corrected chi connectivity index (χ2v) is 4.75. The fraction of sp³-hybridized carbons (Fsp3) is 0.364. The summed E-state index contributed by atoms with van der Waals surface area (Å²) in [6.07, 6.45) is 2.86. The molecule has 0 saturated carbocycles. The summed E-state index contributed by atoms with van der Waals surface area (Å²) in [4.78, 5) is 1.88. The van der Waals surface area contributed by atoms with Crippen molar-refractivity contribution < 1.29 is 0 Å². The lowest BCUT2D eigenvalue weighted by Crippen LogP contribution is -2.11. The van der Waals surface area contributed by atoms with Crippen molar-refractivity contribution in [1.82, 2.24) is 0 Å². The number of rotatable bonds is 4. The Bertz CT molecular complexity index is 306. The first kappa shape index (κ1) is 11.5. The van der Waals surface area contributed by atoms with Crippen molar-refractivity contribution in [3.63, 3.8) is 0 Å². The maximum Gasteiger partial charge on any atom is 0.0733 e. The SMILES string of the molecule is CSc1ccc(C(C)CC(N)=S)cc1. The lowest BCUT2D eigenvalue weighted by molar-refractivity contribution is 0.806. The molecule has 0 spiro atoms. The summed E-state index contributed by atoms with van der Waals surface area (Å²) >= 11 is 6.65. The number of hydrogen-bond acceptors (Lipinski definition) is 2. The van der Waals surface area contributed by atoms with E-state index < -0.39 is 0 Å². The first-order valence-corrected chi connectivity index (χ1v) is 6.19. The number of benzene rings is 1. The van der Waals surface area contributed by atoms with Crippen molar-refractivity contribution in [3.8, 4) is 0 Å². The Labute approximate surface area is 95.1 Å². The Morgan fingerprint density at radius 1 is 1.43 bits per heavy atom. The number of nitrogens with two attached hydrogens (primary N) is 1. The molecule has 0 amide bonds. The highest BCUT2D eigenvalue weighted by Crippen LogP contribution is 2.22. The molecule has 0 heterocycles. The van der Waals surface area contributed by atoms with Gasteiger partial charge in [0.15, 0.2) is 0 Å². The van der Waals surface area contributed by atoms with Gasteiger partial charge in [0.05, 0.1) is 4.99 Å². The Kier molecular flexibility index (Phi) is 4.42. The number of hydrogen-bond donors (Lipinski definition) is 1. The van der Waals surface area contributed by atoms with Crippen LogP contribution in [0.15, 0.2) is 29.2 Å². The summed E-state index contributed by atoms with van der Waals surface area (Å²) in [5, 5.41) is 0. The maximum absolute atomic E-state index is 5.51. The molecule has 1 aromatic carbocycles. The smallest absolute Gasteiger partial charge is 0.0733 e. The molecule has 2 N–H and O–H groups in total. The molecule has 0 radical (unpaired) electrons. The first-order chi connectivity index (χ1) is 6.63. The van der Waals surface area contributed by atoms with Crippen LogP contribution in [0.5, 0.6) is 0 Å². The third kappa shape index (κ3) is 3.31. The molecule has 76 valence electrons. The molecular formula is C11H15NS2. The standard InChI is InChI=1S/C11H15NS2/c1-8(7-11(12)13)9-3-5-10(14-2)6-4-9/h3-6,8H,7H2,1-2H3,(H2,12,13). The van der Waals surface area contributed by atoms with Crippen molar-refractivity contribution in [3.05, 3.63) is 29.8 Å².